The molecule has 1 fully saturated rings. The molecular formula is C9H16O3. The molecule has 3 nitrogen and oxygen atoms in total. The van der Waals surface area contributed by atoms with Crippen molar-refractivity contribution in [3.63, 3.8) is 0 Å². The molecule has 1 saturated heterocycles. The highest BCUT2D eigenvalue weighted by molar-refractivity contribution is 4.89. The van der Waals surface area contributed by atoms with E-state index >= 15 is 0 Å². The van der Waals surface area contributed by atoms with Crippen LogP contribution in [0.4, 0.5) is 0 Å². The maximum absolute atomic E-state index is 5.33. The maximum atomic E-state index is 5.33. The van der Waals surface area contributed by atoms with Gasteiger partial charge in [-0.3, -0.25) is 0 Å². The highest BCUT2D eigenvalue weighted by atomic mass is 16.8. The molecule has 0 radical (unpaired) electrons. The highest BCUT2D eigenvalue weighted by Gasteiger charge is 2.22. The third-order valence-corrected chi connectivity index (χ3v) is 1.60. The van der Waals surface area contributed by atoms with Gasteiger partial charge in [-0.05, 0) is 12.0 Å². The number of methoxy groups -OCH3 is 1. The van der Waals surface area contributed by atoms with Gasteiger partial charge >= 0.3 is 0 Å². The molecule has 0 bridgehead atoms. The Morgan fingerprint density at radius 1 is 1.50 bits per heavy atom. The number of rotatable bonds is 3. The quantitative estimate of drug-likeness (QED) is 0.604. The van der Waals surface area contributed by atoms with Crippen LogP contribution in [0.3, 0.4) is 0 Å². The molecule has 0 aromatic heterocycles. The van der Waals surface area contributed by atoms with Crippen LogP contribution >= 0.6 is 0 Å². The summed E-state index contributed by atoms with van der Waals surface area (Å²) >= 11 is 0. The van der Waals surface area contributed by atoms with Crippen molar-refractivity contribution < 1.29 is 14.2 Å². The Bertz CT molecular complexity index is 154. The van der Waals surface area contributed by atoms with Gasteiger partial charge in [0.2, 0.25) is 0 Å². The van der Waals surface area contributed by atoms with E-state index in [4.69, 9.17) is 14.2 Å². The van der Waals surface area contributed by atoms with Gasteiger partial charge in [0, 0.05) is 7.11 Å². The first-order valence-electron chi connectivity index (χ1n) is 4.20. The monoisotopic (exact) mass is 172 g/mol. The van der Waals surface area contributed by atoms with E-state index in [1.54, 1.807) is 7.11 Å². The van der Waals surface area contributed by atoms with Gasteiger partial charge in [0.05, 0.1) is 0 Å². The molecule has 2 atom stereocenters. The van der Waals surface area contributed by atoms with Crippen molar-refractivity contribution in [2.24, 2.45) is 5.92 Å². The molecule has 0 spiro atoms. The summed E-state index contributed by atoms with van der Waals surface area (Å²) in [6.07, 6.45) is 3.55. The van der Waals surface area contributed by atoms with Crippen molar-refractivity contribution in [1.29, 1.82) is 0 Å². The maximum Gasteiger partial charge on any atom is 0.184 e. The Balaban J connectivity index is 2.27. The first-order chi connectivity index (χ1) is 5.72. The zero-order valence-electron chi connectivity index (χ0n) is 7.82. The number of allylic oxidation sites excluding steroid dienone is 1. The minimum Gasteiger partial charge on any atom is -0.353 e. The van der Waals surface area contributed by atoms with E-state index in [2.05, 4.69) is 19.9 Å². The third-order valence-electron chi connectivity index (χ3n) is 1.60. The van der Waals surface area contributed by atoms with Crippen molar-refractivity contribution in [1.82, 2.24) is 0 Å². The predicted octanol–water partition coefficient (Wildman–Crippen LogP) is 1.54. The summed E-state index contributed by atoms with van der Waals surface area (Å²) in [5, 5.41) is 0. The van der Waals surface area contributed by atoms with Crippen molar-refractivity contribution in [3.05, 3.63) is 12.2 Å². The minimum absolute atomic E-state index is 0.202. The van der Waals surface area contributed by atoms with Gasteiger partial charge in [-0.1, -0.05) is 19.9 Å². The standard InChI is InChI=1S/C9H16O3/c1-7(2)4-5-8-11-6-9(10-3)12-8/h4-5,7-9H,6H2,1-3H3. The van der Waals surface area contributed by atoms with Crippen molar-refractivity contribution >= 4 is 0 Å². The molecule has 1 heterocycles. The van der Waals surface area contributed by atoms with Crippen LogP contribution in [-0.2, 0) is 14.2 Å². The van der Waals surface area contributed by atoms with Crippen LogP contribution in [0, 0.1) is 5.92 Å². The first-order valence-corrected chi connectivity index (χ1v) is 4.20. The van der Waals surface area contributed by atoms with Crippen LogP contribution in [0.25, 0.3) is 0 Å². The molecule has 12 heavy (non-hydrogen) atoms. The molecule has 0 aromatic rings. The van der Waals surface area contributed by atoms with E-state index in [-0.39, 0.29) is 12.6 Å². The van der Waals surface area contributed by atoms with Crippen molar-refractivity contribution in [2.45, 2.75) is 26.4 Å². The molecule has 70 valence electrons. The Labute approximate surface area is 73.3 Å². The molecule has 0 aliphatic carbocycles. The molecule has 1 aliphatic rings. The third kappa shape index (κ3) is 2.93. The first kappa shape index (κ1) is 9.71. The van der Waals surface area contributed by atoms with E-state index in [1.165, 1.54) is 0 Å². The second-order valence-corrected chi connectivity index (χ2v) is 3.13. The smallest absolute Gasteiger partial charge is 0.184 e. The van der Waals surface area contributed by atoms with Gasteiger partial charge < -0.3 is 14.2 Å². The topological polar surface area (TPSA) is 27.7 Å². The highest BCUT2D eigenvalue weighted by Crippen LogP contribution is 2.13. The van der Waals surface area contributed by atoms with E-state index in [1.807, 2.05) is 6.08 Å². The fourth-order valence-electron chi connectivity index (χ4n) is 0.939. The molecule has 1 aliphatic heterocycles. The van der Waals surface area contributed by atoms with Gasteiger partial charge in [0.25, 0.3) is 0 Å². The fraction of sp³-hybridized carbons (Fsp3) is 0.778. The molecule has 2 unspecified atom stereocenters. The van der Waals surface area contributed by atoms with Gasteiger partial charge in [-0.25, -0.2) is 0 Å². The van der Waals surface area contributed by atoms with Gasteiger partial charge in [-0.15, -0.1) is 0 Å². The Morgan fingerprint density at radius 3 is 2.75 bits per heavy atom. The average Bonchev–Trinajstić information content (AvgIpc) is 2.48. The summed E-state index contributed by atoms with van der Waals surface area (Å²) in [5.74, 6) is 0.527. The zero-order valence-corrected chi connectivity index (χ0v) is 7.82. The summed E-state index contributed by atoms with van der Waals surface area (Å²) in [6, 6.07) is 0. The van der Waals surface area contributed by atoms with Crippen LogP contribution in [0.1, 0.15) is 13.8 Å². The SMILES string of the molecule is COC1COC(C=CC(C)C)O1. The lowest BCUT2D eigenvalue weighted by molar-refractivity contribution is -0.110. The van der Waals surface area contributed by atoms with Crippen molar-refractivity contribution in [2.75, 3.05) is 13.7 Å². The summed E-state index contributed by atoms with van der Waals surface area (Å²) < 4.78 is 15.6. The van der Waals surface area contributed by atoms with Crippen LogP contribution in [0.2, 0.25) is 0 Å². The van der Waals surface area contributed by atoms with Crippen LogP contribution in [0.15, 0.2) is 12.2 Å². The Kier molecular flexibility index (Phi) is 3.72. The summed E-state index contributed by atoms with van der Waals surface area (Å²) in [7, 11) is 1.61. The predicted molar refractivity (Wildman–Crippen MR) is 45.6 cm³/mol. The molecular weight excluding hydrogens is 156 g/mol. The molecule has 1 rings (SSSR count). The summed E-state index contributed by atoms with van der Waals surface area (Å²) in [5.41, 5.74) is 0. The molecule has 0 N–H and O–H groups in total. The van der Waals surface area contributed by atoms with Crippen LogP contribution < -0.4 is 0 Å². The summed E-state index contributed by atoms with van der Waals surface area (Å²) in [6.45, 7) is 4.74. The minimum atomic E-state index is -0.225. The number of hydrogen-bond donors (Lipinski definition) is 0. The van der Waals surface area contributed by atoms with Gasteiger partial charge in [0.15, 0.2) is 12.6 Å². The molecule has 0 amide bonds. The second kappa shape index (κ2) is 4.60. The number of ether oxygens (including phenoxy) is 3. The van der Waals surface area contributed by atoms with Gasteiger partial charge in [0.1, 0.15) is 6.61 Å². The second-order valence-electron chi connectivity index (χ2n) is 3.13. The van der Waals surface area contributed by atoms with Crippen molar-refractivity contribution in [3.8, 4) is 0 Å². The lowest BCUT2D eigenvalue weighted by atomic mass is 10.2. The number of hydrogen-bond acceptors (Lipinski definition) is 3. The van der Waals surface area contributed by atoms with Gasteiger partial charge in [-0.2, -0.15) is 0 Å². The Hall–Kier alpha value is -0.380. The van der Waals surface area contributed by atoms with E-state index < -0.39 is 0 Å². The largest absolute Gasteiger partial charge is 0.353 e. The van der Waals surface area contributed by atoms with Crippen LogP contribution in [0.5, 0.6) is 0 Å². The van der Waals surface area contributed by atoms with E-state index in [0.29, 0.717) is 12.5 Å². The molecule has 3 heteroatoms. The normalized spacial score (nSPS) is 30.7. The Morgan fingerprint density at radius 2 is 2.25 bits per heavy atom. The zero-order chi connectivity index (χ0) is 8.97. The van der Waals surface area contributed by atoms with E-state index in [0.717, 1.165) is 0 Å². The molecule has 0 aromatic carbocycles. The summed E-state index contributed by atoms with van der Waals surface area (Å²) in [4.78, 5) is 0. The van der Waals surface area contributed by atoms with Crippen LogP contribution in [-0.4, -0.2) is 26.3 Å². The lowest BCUT2D eigenvalue weighted by Gasteiger charge is -2.05. The molecule has 0 saturated carbocycles. The fourth-order valence-corrected chi connectivity index (χ4v) is 0.939. The average molecular weight is 172 g/mol. The lowest BCUT2D eigenvalue weighted by Crippen LogP contribution is -2.12. The van der Waals surface area contributed by atoms with E-state index in [9.17, 15) is 0 Å².